The second kappa shape index (κ2) is 4.51. The molecule has 1 aromatic rings. The van der Waals surface area contributed by atoms with E-state index in [1.807, 2.05) is 7.05 Å². The Bertz CT molecular complexity index is 383. The maximum atomic E-state index is 12.4. The fourth-order valence-electron chi connectivity index (χ4n) is 2.74. The minimum Gasteiger partial charge on any atom is -0.347 e. The number of carbonyl (C=O) groups is 1. The standard InChI is InChI=1S/C13H21N3O/c1-13(2)6-4-5-10(13)12(17)16(3)9-11-14-7-8-15-11/h7-8,10H,4-6,9H2,1-3H3,(H,14,15). The lowest BCUT2D eigenvalue weighted by atomic mass is 9.81. The van der Waals surface area contributed by atoms with Gasteiger partial charge in [0.25, 0.3) is 0 Å². The number of aromatic nitrogens is 2. The van der Waals surface area contributed by atoms with E-state index in [2.05, 4.69) is 23.8 Å². The van der Waals surface area contributed by atoms with Crippen molar-refractivity contribution in [1.29, 1.82) is 0 Å². The SMILES string of the molecule is CN(Cc1ncc[nH]1)C(=O)C1CCCC1(C)C. The van der Waals surface area contributed by atoms with E-state index in [1.54, 1.807) is 17.3 Å². The lowest BCUT2D eigenvalue weighted by Gasteiger charge is -2.29. The minimum absolute atomic E-state index is 0.147. The molecule has 4 heteroatoms. The normalized spacial score (nSPS) is 22.6. The van der Waals surface area contributed by atoms with Gasteiger partial charge >= 0.3 is 0 Å². The van der Waals surface area contributed by atoms with Crippen LogP contribution >= 0.6 is 0 Å². The van der Waals surface area contributed by atoms with Crippen LogP contribution in [0.4, 0.5) is 0 Å². The van der Waals surface area contributed by atoms with E-state index in [0.717, 1.165) is 25.1 Å². The number of hydrogen-bond acceptors (Lipinski definition) is 2. The summed E-state index contributed by atoms with van der Waals surface area (Å²) in [6.07, 6.45) is 6.84. The third-order valence-electron chi connectivity index (χ3n) is 3.87. The van der Waals surface area contributed by atoms with Crippen LogP contribution in [0.2, 0.25) is 0 Å². The van der Waals surface area contributed by atoms with Gasteiger partial charge in [0, 0.05) is 25.4 Å². The highest BCUT2D eigenvalue weighted by Gasteiger charge is 2.40. The average molecular weight is 235 g/mol. The first-order valence-electron chi connectivity index (χ1n) is 6.24. The molecule has 4 nitrogen and oxygen atoms in total. The van der Waals surface area contributed by atoms with E-state index in [1.165, 1.54) is 0 Å². The minimum atomic E-state index is 0.147. The summed E-state index contributed by atoms with van der Waals surface area (Å²) in [4.78, 5) is 21.3. The van der Waals surface area contributed by atoms with E-state index < -0.39 is 0 Å². The Balaban J connectivity index is 2.00. The molecule has 1 atom stereocenters. The Morgan fingerprint density at radius 3 is 2.94 bits per heavy atom. The number of amides is 1. The molecule has 0 aromatic carbocycles. The molecule has 1 N–H and O–H groups in total. The number of nitrogens with zero attached hydrogens (tertiary/aromatic N) is 2. The van der Waals surface area contributed by atoms with E-state index in [4.69, 9.17) is 0 Å². The molecule has 1 heterocycles. The summed E-state index contributed by atoms with van der Waals surface area (Å²) in [6, 6.07) is 0. The molecule has 1 saturated carbocycles. The molecule has 1 aromatic heterocycles. The molecule has 1 aliphatic rings. The maximum absolute atomic E-state index is 12.4. The second-order valence-corrected chi connectivity index (χ2v) is 5.66. The smallest absolute Gasteiger partial charge is 0.226 e. The third kappa shape index (κ3) is 2.51. The number of imidazole rings is 1. The van der Waals surface area contributed by atoms with Gasteiger partial charge in [-0.05, 0) is 18.3 Å². The van der Waals surface area contributed by atoms with E-state index in [0.29, 0.717) is 6.54 Å². The van der Waals surface area contributed by atoms with Crippen molar-refractivity contribution in [3.63, 3.8) is 0 Å². The fourth-order valence-corrected chi connectivity index (χ4v) is 2.74. The first-order valence-corrected chi connectivity index (χ1v) is 6.24. The van der Waals surface area contributed by atoms with Crippen LogP contribution < -0.4 is 0 Å². The third-order valence-corrected chi connectivity index (χ3v) is 3.87. The first kappa shape index (κ1) is 12.1. The maximum Gasteiger partial charge on any atom is 0.226 e. The Morgan fingerprint density at radius 2 is 2.41 bits per heavy atom. The predicted molar refractivity (Wildman–Crippen MR) is 66.2 cm³/mol. The molecule has 0 radical (unpaired) electrons. The van der Waals surface area contributed by atoms with Crippen molar-refractivity contribution < 1.29 is 4.79 Å². The van der Waals surface area contributed by atoms with Gasteiger partial charge in [-0.3, -0.25) is 4.79 Å². The number of hydrogen-bond donors (Lipinski definition) is 1. The van der Waals surface area contributed by atoms with Gasteiger partial charge in [-0.15, -0.1) is 0 Å². The van der Waals surface area contributed by atoms with Crippen LogP contribution in [0.5, 0.6) is 0 Å². The number of carbonyl (C=O) groups excluding carboxylic acids is 1. The first-order chi connectivity index (χ1) is 8.00. The predicted octanol–water partition coefficient (Wildman–Crippen LogP) is 2.19. The molecular formula is C13H21N3O. The van der Waals surface area contributed by atoms with Crippen molar-refractivity contribution in [3.8, 4) is 0 Å². The molecule has 17 heavy (non-hydrogen) atoms. The largest absolute Gasteiger partial charge is 0.347 e. The van der Waals surface area contributed by atoms with Crippen molar-refractivity contribution in [2.24, 2.45) is 11.3 Å². The van der Waals surface area contributed by atoms with Gasteiger partial charge in [0.2, 0.25) is 5.91 Å². The Hall–Kier alpha value is -1.32. The monoisotopic (exact) mass is 235 g/mol. The van der Waals surface area contributed by atoms with Gasteiger partial charge in [0.15, 0.2) is 0 Å². The van der Waals surface area contributed by atoms with Gasteiger partial charge in [-0.25, -0.2) is 4.98 Å². The molecule has 1 unspecified atom stereocenters. The molecule has 1 amide bonds. The summed E-state index contributed by atoms with van der Waals surface area (Å²) in [5.74, 6) is 1.27. The van der Waals surface area contributed by atoms with Crippen LogP contribution in [0.3, 0.4) is 0 Å². The van der Waals surface area contributed by atoms with Crippen LogP contribution in [0.25, 0.3) is 0 Å². The van der Waals surface area contributed by atoms with Crippen molar-refractivity contribution in [3.05, 3.63) is 18.2 Å². The van der Waals surface area contributed by atoms with Crippen LogP contribution in [0, 0.1) is 11.3 Å². The molecule has 0 spiro atoms. The second-order valence-electron chi connectivity index (χ2n) is 5.66. The van der Waals surface area contributed by atoms with Gasteiger partial charge in [0.1, 0.15) is 5.82 Å². The van der Waals surface area contributed by atoms with Crippen LogP contribution in [0.1, 0.15) is 38.9 Å². The van der Waals surface area contributed by atoms with Gasteiger partial charge < -0.3 is 9.88 Å². The zero-order valence-electron chi connectivity index (χ0n) is 10.9. The molecule has 1 aliphatic carbocycles. The summed E-state index contributed by atoms with van der Waals surface area (Å²) in [6.45, 7) is 4.96. The summed E-state index contributed by atoms with van der Waals surface area (Å²) in [5, 5.41) is 0. The lowest BCUT2D eigenvalue weighted by molar-refractivity contribution is -0.137. The summed E-state index contributed by atoms with van der Waals surface area (Å²) in [5.41, 5.74) is 0.147. The Morgan fingerprint density at radius 1 is 1.65 bits per heavy atom. The number of nitrogens with one attached hydrogen (secondary N) is 1. The lowest BCUT2D eigenvalue weighted by Crippen LogP contribution is -2.37. The number of aromatic amines is 1. The Labute approximate surface area is 102 Å². The summed E-state index contributed by atoms with van der Waals surface area (Å²) < 4.78 is 0. The quantitative estimate of drug-likeness (QED) is 0.873. The number of H-pyrrole nitrogens is 1. The molecule has 0 bridgehead atoms. The molecule has 2 rings (SSSR count). The van der Waals surface area contributed by atoms with Gasteiger partial charge in [-0.2, -0.15) is 0 Å². The zero-order valence-corrected chi connectivity index (χ0v) is 10.9. The van der Waals surface area contributed by atoms with Gasteiger partial charge in [0.05, 0.1) is 6.54 Å². The van der Waals surface area contributed by atoms with Crippen LogP contribution in [-0.4, -0.2) is 27.8 Å². The van der Waals surface area contributed by atoms with E-state index >= 15 is 0 Å². The highest BCUT2D eigenvalue weighted by Crippen LogP contribution is 2.43. The van der Waals surface area contributed by atoms with E-state index in [-0.39, 0.29) is 17.2 Å². The topological polar surface area (TPSA) is 49.0 Å². The highest BCUT2D eigenvalue weighted by molar-refractivity contribution is 5.79. The average Bonchev–Trinajstić information content (AvgIpc) is 2.86. The van der Waals surface area contributed by atoms with Crippen molar-refractivity contribution in [2.75, 3.05) is 7.05 Å². The summed E-state index contributed by atoms with van der Waals surface area (Å²) in [7, 11) is 1.86. The van der Waals surface area contributed by atoms with Crippen molar-refractivity contribution in [1.82, 2.24) is 14.9 Å². The molecule has 94 valence electrons. The summed E-state index contributed by atoms with van der Waals surface area (Å²) >= 11 is 0. The zero-order chi connectivity index (χ0) is 12.5. The molecule has 0 aliphatic heterocycles. The van der Waals surface area contributed by atoms with Gasteiger partial charge in [-0.1, -0.05) is 20.3 Å². The molecule has 1 fully saturated rings. The number of rotatable bonds is 3. The van der Waals surface area contributed by atoms with Crippen LogP contribution in [0.15, 0.2) is 12.4 Å². The van der Waals surface area contributed by atoms with Crippen LogP contribution in [-0.2, 0) is 11.3 Å². The van der Waals surface area contributed by atoms with Crippen molar-refractivity contribution in [2.45, 2.75) is 39.7 Å². The fraction of sp³-hybridized carbons (Fsp3) is 0.692. The molecule has 0 saturated heterocycles. The molecular weight excluding hydrogens is 214 g/mol. The van der Waals surface area contributed by atoms with Crippen molar-refractivity contribution >= 4 is 5.91 Å². The Kier molecular flexibility index (Phi) is 3.22. The van der Waals surface area contributed by atoms with E-state index in [9.17, 15) is 4.79 Å². The highest BCUT2D eigenvalue weighted by atomic mass is 16.2.